The number of aromatic nitrogens is 2. The molecule has 0 saturated heterocycles. The number of aliphatic carboxylic acids is 1. The molecule has 0 aliphatic carbocycles. The summed E-state index contributed by atoms with van der Waals surface area (Å²) >= 11 is 6.33. The Bertz CT molecular complexity index is 1190. The number of ether oxygens (including phenoxy) is 2. The molecule has 1 aliphatic rings. The fraction of sp³-hybridized carbons (Fsp3) is 0.333. The molecule has 0 fully saturated rings. The highest BCUT2D eigenvalue weighted by molar-refractivity contribution is 6.34. The molecule has 0 atom stereocenters. The molecule has 7 nitrogen and oxygen atoms in total. The van der Waals surface area contributed by atoms with Gasteiger partial charge in [-0.25, -0.2) is 0 Å². The van der Waals surface area contributed by atoms with Gasteiger partial charge in [-0.3, -0.25) is 14.4 Å². The van der Waals surface area contributed by atoms with Crippen LogP contribution in [-0.4, -0.2) is 52.5 Å². The van der Waals surface area contributed by atoms with Crippen LogP contribution in [0.2, 0.25) is 5.15 Å². The number of fused-ring (bicyclic) bond motifs is 2. The molecule has 1 aliphatic heterocycles. The lowest BCUT2D eigenvalue weighted by Crippen LogP contribution is -2.29. The van der Waals surface area contributed by atoms with Crippen molar-refractivity contribution < 1.29 is 19.4 Å². The van der Waals surface area contributed by atoms with Crippen LogP contribution in [0.25, 0.3) is 17.0 Å². The molecule has 1 N–H and O–H groups in total. The van der Waals surface area contributed by atoms with Gasteiger partial charge in [-0.15, -0.1) is 0 Å². The van der Waals surface area contributed by atoms with Crippen LogP contribution < -0.4 is 9.47 Å². The number of hydrogen-bond acceptors (Lipinski definition) is 5. The van der Waals surface area contributed by atoms with Crippen LogP contribution in [0.4, 0.5) is 0 Å². The second-order valence-electron chi connectivity index (χ2n) is 8.33. The van der Waals surface area contributed by atoms with E-state index in [-0.39, 0.29) is 12.6 Å². The molecular formula is C24H26ClN3O4. The highest BCUT2D eigenvalue weighted by Crippen LogP contribution is 2.31. The van der Waals surface area contributed by atoms with Crippen molar-refractivity contribution in [1.29, 1.82) is 0 Å². The molecule has 0 unspecified atom stereocenters. The van der Waals surface area contributed by atoms with Gasteiger partial charge in [0.05, 0.1) is 12.1 Å². The van der Waals surface area contributed by atoms with Gasteiger partial charge in [-0.05, 0) is 62.4 Å². The lowest BCUT2D eigenvalue weighted by Gasteiger charge is -2.22. The molecule has 0 saturated carbocycles. The standard InChI is InChI=1S/C24H26ClN3O4/c1-15(2)28-21-7-4-16(9-20(21)24(25)26-28)13-31-19-6-5-18-8-17(14-32-22(18)10-19)11-27(3)12-23(29)30/h4-10,15H,11-14H2,1-3H3,(H,29,30). The Hall–Kier alpha value is -3.03. The van der Waals surface area contributed by atoms with Crippen molar-refractivity contribution in [2.45, 2.75) is 26.5 Å². The van der Waals surface area contributed by atoms with Gasteiger partial charge in [-0.1, -0.05) is 17.7 Å². The van der Waals surface area contributed by atoms with Crippen molar-refractivity contribution in [2.24, 2.45) is 0 Å². The normalized spacial score (nSPS) is 13.2. The highest BCUT2D eigenvalue weighted by atomic mass is 35.5. The van der Waals surface area contributed by atoms with Crippen LogP contribution in [0.3, 0.4) is 0 Å². The van der Waals surface area contributed by atoms with E-state index in [4.69, 9.17) is 26.2 Å². The van der Waals surface area contributed by atoms with Crippen LogP contribution >= 0.6 is 11.6 Å². The Morgan fingerprint density at radius 2 is 2.12 bits per heavy atom. The first-order chi connectivity index (χ1) is 15.3. The molecule has 0 radical (unpaired) electrons. The number of carbonyl (C=O) groups is 1. The molecule has 168 valence electrons. The Morgan fingerprint density at radius 1 is 1.31 bits per heavy atom. The van der Waals surface area contributed by atoms with E-state index in [9.17, 15) is 4.79 Å². The summed E-state index contributed by atoms with van der Waals surface area (Å²) in [6.45, 7) is 5.51. The molecule has 4 rings (SSSR count). The van der Waals surface area contributed by atoms with E-state index in [1.165, 1.54) is 0 Å². The largest absolute Gasteiger partial charge is 0.489 e. The number of halogens is 1. The highest BCUT2D eigenvalue weighted by Gasteiger charge is 2.16. The van der Waals surface area contributed by atoms with Crippen LogP contribution in [0.15, 0.2) is 42.0 Å². The average Bonchev–Trinajstić information content (AvgIpc) is 3.08. The van der Waals surface area contributed by atoms with Gasteiger partial charge >= 0.3 is 5.97 Å². The maximum atomic E-state index is 10.8. The minimum atomic E-state index is -0.845. The van der Waals surface area contributed by atoms with Crippen molar-refractivity contribution in [3.8, 4) is 11.5 Å². The summed E-state index contributed by atoms with van der Waals surface area (Å²) in [6, 6.07) is 12.0. The topological polar surface area (TPSA) is 76.8 Å². The number of nitrogens with zero attached hydrogens (tertiary/aromatic N) is 3. The summed E-state index contributed by atoms with van der Waals surface area (Å²) in [7, 11) is 1.78. The predicted octanol–water partition coefficient (Wildman–Crippen LogP) is 4.64. The summed E-state index contributed by atoms with van der Waals surface area (Å²) in [5.41, 5.74) is 4.00. The molecule has 0 spiro atoms. The Kier molecular flexibility index (Phi) is 6.39. The van der Waals surface area contributed by atoms with Gasteiger partial charge in [0.1, 0.15) is 24.7 Å². The number of hydrogen-bond donors (Lipinski definition) is 1. The Balaban J connectivity index is 1.43. The molecule has 0 bridgehead atoms. The van der Waals surface area contributed by atoms with Crippen LogP contribution in [0.1, 0.15) is 31.0 Å². The first-order valence-corrected chi connectivity index (χ1v) is 10.8. The van der Waals surface area contributed by atoms with Gasteiger partial charge in [0.15, 0.2) is 5.15 Å². The number of benzene rings is 2. The van der Waals surface area contributed by atoms with E-state index < -0.39 is 5.97 Å². The maximum absolute atomic E-state index is 10.8. The molecular weight excluding hydrogens is 430 g/mol. The lowest BCUT2D eigenvalue weighted by molar-refractivity contribution is -0.137. The monoisotopic (exact) mass is 455 g/mol. The summed E-state index contributed by atoms with van der Waals surface area (Å²) in [5, 5.41) is 14.7. The first-order valence-electron chi connectivity index (χ1n) is 10.5. The van der Waals surface area contributed by atoms with Gasteiger partial charge in [-0.2, -0.15) is 5.10 Å². The summed E-state index contributed by atoms with van der Waals surface area (Å²) < 4.78 is 13.8. The Labute approximate surface area is 191 Å². The maximum Gasteiger partial charge on any atom is 0.317 e. The molecule has 32 heavy (non-hydrogen) atoms. The zero-order chi connectivity index (χ0) is 22.8. The van der Waals surface area contributed by atoms with Gasteiger partial charge in [0.2, 0.25) is 0 Å². The predicted molar refractivity (Wildman–Crippen MR) is 125 cm³/mol. The van der Waals surface area contributed by atoms with Crippen molar-refractivity contribution in [3.63, 3.8) is 0 Å². The second kappa shape index (κ2) is 9.22. The van der Waals surface area contributed by atoms with Gasteiger partial charge in [0.25, 0.3) is 0 Å². The smallest absolute Gasteiger partial charge is 0.317 e. The van der Waals surface area contributed by atoms with E-state index in [1.807, 2.05) is 47.2 Å². The fourth-order valence-electron chi connectivity index (χ4n) is 3.81. The molecule has 1 aromatic heterocycles. The van der Waals surface area contributed by atoms with Gasteiger partial charge in [0, 0.05) is 29.6 Å². The third kappa shape index (κ3) is 4.89. The Morgan fingerprint density at radius 3 is 2.88 bits per heavy atom. The second-order valence-corrected chi connectivity index (χ2v) is 8.68. The number of likely N-dealkylation sites (N-methyl/N-ethyl adjacent to an activating group) is 1. The molecule has 0 amide bonds. The molecule has 8 heteroatoms. The summed E-state index contributed by atoms with van der Waals surface area (Å²) in [4.78, 5) is 12.6. The zero-order valence-corrected chi connectivity index (χ0v) is 19.1. The van der Waals surface area contributed by atoms with Crippen LogP contribution in [-0.2, 0) is 11.4 Å². The van der Waals surface area contributed by atoms with Gasteiger partial charge < -0.3 is 14.6 Å². The van der Waals surface area contributed by atoms with E-state index in [1.54, 1.807) is 11.9 Å². The number of carboxylic acid groups (broad SMARTS) is 1. The summed E-state index contributed by atoms with van der Waals surface area (Å²) in [5.74, 6) is 0.624. The van der Waals surface area contributed by atoms with E-state index >= 15 is 0 Å². The van der Waals surface area contributed by atoms with Crippen LogP contribution in [0.5, 0.6) is 11.5 Å². The SMILES string of the molecule is CC(C)n1nc(Cl)c2cc(COc3ccc4c(c3)OCC(CN(C)CC(=O)O)=C4)ccc21. The van der Waals surface area contributed by atoms with Crippen molar-refractivity contribution in [1.82, 2.24) is 14.7 Å². The molecule has 2 aromatic carbocycles. The van der Waals surface area contributed by atoms with E-state index in [2.05, 4.69) is 18.9 Å². The number of carboxylic acids is 1. The zero-order valence-electron chi connectivity index (χ0n) is 18.3. The quantitative estimate of drug-likeness (QED) is 0.533. The molecule has 3 aromatic rings. The van der Waals surface area contributed by atoms with Crippen LogP contribution in [0, 0.1) is 0 Å². The van der Waals surface area contributed by atoms with Crippen molar-refractivity contribution in [3.05, 3.63) is 58.3 Å². The lowest BCUT2D eigenvalue weighted by atomic mass is 10.1. The minimum absolute atomic E-state index is 0.00770. The third-order valence-corrected chi connectivity index (χ3v) is 5.54. The van der Waals surface area contributed by atoms with E-state index in [0.717, 1.165) is 33.4 Å². The summed E-state index contributed by atoms with van der Waals surface area (Å²) in [6.07, 6.45) is 2.04. The minimum Gasteiger partial charge on any atom is -0.489 e. The third-order valence-electron chi connectivity index (χ3n) is 5.26. The average molecular weight is 456 g/mol. The molecule has 2 heterocycles. The first kappa shape index (κ1) is 22.2. The number of rotatable bonds is 8. The fourth-order valence-corrected chi connectivity index (χ4v) is 4.04. The van der Waals surface area contributed by atoms with Crippen molar-refractivity contribution >= 4 is 34.5 Å². The van der Waals surface area contributed by atoms with Crippen molar-refractivity contribution in [2.75, 3.05) is 26.7 Å². The van der Waals surface area contributed by atoms with E-state index in [0.29, 0.717) is 30.7 Å².